The van der Waals surface area contributed by atoms with E-state index in [1.54, 1.807) is 12.3 Å². The molecule has 0 unspecified atom stereocenters. The highest BCUT2D eigenvalue weighted by Crippen LogP contribution is 2.17. The van der Waals surface area contributed by atoms with Crippen molar-refractivity contribution in [1.82, 2.24) is 15.0 Å². The topological polar surface area (TPSA) is 30.7 Å². The summed E-state index contributed by atoms with van der Waals surface area (Å²) in [5.41, 5.74) is 1.46. The van der Waals surface area contributed by atoms with Crippen LogP contribution in [0.1, 0.15) is 5.69 Å². The van der Waals surface area contributed by atoms with E-state index in [1.807, 2.05) is 0 Å². The molecule has 0 bridgehead atoms. The van der Waals surface area contributed by atoms with Crippen molar-refractivity contribution in [2.24, 2.45) is 0 Å². The average Bonchev–Trinajstić information content (AvgIpc) is 2.71. The van der Waals surface area contributed by atoms with Gasteiger partial charge in [-0.3, -0.25) is 0 Å². The van der Waals surface area contributed by atoms with Gasteiger partial charge in [-0.2, -0.15) is 0 Å². The molecule has 1 aromatic carbocycles. The van der Waals surface area contributed by atoms with Gasteiger partial charge in [-0.1, -0.05) is 32.7 Å². The first-order valence-electron chi connectivity index (χ1n) is 4.63. The fourth-order valence-corrected chi connectivity index (χ4v) is 1.79. The normalized spacial score (nSPS) is 10.7. The molecule has 6 heteroatoms. The predicted molar refractivity (Wildman–Crippen MR) is 63.8 cm³/mol. The van der Waals surface area contributed by atoms with Gasteiger partial charge in [-0.05, 0) is 12.1 Å². The second-order valence-corrected chi connectivity index (χ2v) is 4.39. The van der Waals surface area contributed by atoms with Gasteiger partial charge in [0.2, 0.25) is 0 Å². The Hall–Kier alpha value is -0.940. The molecular weight excluding hydrogens is 296 g/mol. The Kier molecular flexibility index (Phi) is 3.56. The smallest absolute Gasteiger partial charge is 0.143 e. The van der Waals surface area contributed by atoms with Crippen LogP contribution in [0.25, 0.3) is 5.69 Å². The molecular formula is C10H8BrClFN3. The number of halogens is 3. The average molecular weight is 305 g/mol. The van der Waals surface area contributed by atoms with Gasteiger partial charge in [0.15, 0.2) is 0 Å². The molecule has 1 aromatic heterocycles. The molecule has 0 fully saturated rings. The van der Waals surface area contributed by atoms with Crippen molar-refractivity contribution < 1.29 is 4.39 Å². The van der Waals surface area contributed by atoms with E-state index >= 15 is 0 Å². The lowest BCUT2D eigenvalue weighted by Crippen LogP contribution is -1.95. The van der Waals surface area contributed by atoms with Crippen molar-refractivity contribution in [3.05, 3.63) is 40.9 Å². The molecule has 84 valence electrons. The minimum absolute atomic E-state index is 0.101. The van der Waals surface area contributed by atoms with Crippen LogP contribution in [0.4, 0.5) is 4.39 Å². The fraction of sp³-hybridized carbons (Fsp3) is 0.200. The Labute approximate surface area is 105 Å². The first kappa shape index (κ1) is 11.5. The van der Waals surface area contributed by atoms with Crippen LogP contribution in [0, 0.1) is 5.82 Å². The summed E-state index contributed by atoms with van der Waals surface area (Å²) in [5, 5.41) is 8.80. The molecule has 0 aliphatic carbocycles. The molecule has 0 atom stereocenters. The summed E-state index contributed by atoms with van der Waals surface area (Å²) in [5.74, 6) is -0.461. The number of hydrogen-bond acceptors (Lipinski definition) is 2. The molecule has 16 heavy (non-hydrogen) atoms. The van der Waals surface area contributed by atoms with Gasteiger partial charge in [-0.25, -0.2) is 9.07 Å². The van der Waals surface area contributed by atoms with E-state index in [0.717, 1.165) is 17.4 Å². The second kappa shape index (κ2) is 4.93. The quantitative estimate of drug-likeness (QED) is 0.816. The molecule has 1 heterocycles. The zero-order chi connectivity index (χ0) is 11.5. The molecule has 0 spiro atoms. The van der Waals surface area contributed by atoms with Crippen molar-refractivity contribution in [2.45, 2.75) is 6.42 Å². The van der Waals surface area contributed by atoms with Gasteiger partial charge < -0.3 is 0 Å². The summed E-state index contributed by atoms with van der Waals surface area (Å²) in [7, 11) is 0. The van der Waals surface area contributed by atoms with Crippen LogP contribution in [-0.4, -0.2) is 20.3 Å². The van der Waals surface area contributed by atoms with Gasteiger partial charge in [0, 0.05) is 17.8 Å². The number of benzene rings is 1. The highest BCUT2D eigenvalue weighted by atomic mass is 79.9. The van der Waals surface area contributed by atoms with Crippen LogP contribution < -0.4 is 0 Å². The Balaban J connectivity index is 2.31. The van der Waals surface area contributed by atoms with Crippen molar-refractivity contribution in [3.8, 4) is 5.69 Å². The third-order valence-corrected chi connectivity index (χ3v) is 2.76. The maximum Gasteiger partial charge on any atom is 0.143 e. The van der Waals surface area contributed by atoms with Gasteiger partial charge in [-0.15, -0.1) is 5.10 Å². The molecule has 2 aromatic rings. The number of rotatable bonds is 3. The van der Waals surface area contributed by atoms with Crippen LogP contribution in [-0.2, 0) is 6.42 Å². The summed E-state index contributed by atoms with van der Waals surface area (Å²) >= 11 is 8.91. The summed E-state index contributed by atoms with van der Waals surface area (Å²) in [6.45, 7) is 0. The molecule has 0 saturated heterocycles. The summed E-state index contributed by atoms with van der Waals surface area (Å²) in [6, 6.07) is 4.52. The molecule has 0 amide bonds. The van der Waals surface area contributed by atoms with Crippen LogP contribution in [0.5, 0.6) is 0 Å². The molecule has 0 aliphatic heterocycles. The van der Waals surface area contributed by atoms with Crippen LogP contribution in [0.15, 0.2) is 24.4 Å². The van der Waals surface area contributed by atoms with Crippen molar-refractivity contribution >= 4 is 27.5 Å². The highest BCUT2D eigenvalue weighted by molar-refractivity contribution is 9.09. The zero-order valence-electron chi connectivity index (χ0n) is 8.20. The maximum atomic E-state index is 13.2. The first-order chi connectivity index (χ1) is 7.70. The number of aryl methyl sites for hydroxylation is 1. The van der Waals surface area contributed by atoms with Gasteiger partial charge in [0.1, 0.15) is 5.82 Å². The van der Waals surface area contributed by atoms with Crippen LogP contribution in [0.2, 0.25) is 5.02 Å². The van der Waals surface area contributed by atoms with E-state index in [2.05, 4.69) is 26.2 Å². The van der Waals surface area contributed by atoms with Crippen LogP contribution in [0.3, 0.4) is 0 Å². The number of aromatic nitrogens is 3. The van der Waals surface area contributed by atoms with E-state index in [1.165, 1.54) is 16.8 Å². The fourth-order valence-electron chi connectivity index (χ4n) is 1.26. The minimum atomic E-state index is -0.461. The number of nitrogens with zero attached hydrogens (tertiary/aromatic N) is 3. The highest BCUT2D eigenvalue weighted by Gasteiger charge is 2.05. The summed E-state index contributed by atoms with van der Waals surface area (Å²) in [4.78, 5) is 0. The number of alkyl halides is 1. The number of hydrogen-bond donors (Lipinski definition) is 0. The van der Waals surface area contributed by atoms with Crippen molar-refractivity contribution in [1.29, 1.82) is 0 Å². The van der Waals surface area contributed by atoms with E-state index in [0.29, 0.717) is 5.69 Å². The lowest BCUT2D eigenvalue weighted by Gasteiger charge is -2.00. The predicted octanol–water partition coefficient (Wildman–Crippen LogP) is 3.00. The Morgan fingerprint density at radius 2 is 2.25 bits per heavy atom. The minimum Gasteiger partial charge on any atom is -0.220 e. The van der Waals surface area contributed by atoms with E-state index in [4.69, 9.17) is 11.6 Å². The third kappa shape index (κ3) is 2.41. The van der Waals surface area contributed by atoms with E-state index < -0.39 is 5.82 Å². The molecule has 0 radical (unpaired) electrons. The largest absolute Gasteiger partial charge is 0.220 e. The zero-order valence-corrected chi connectivity index (χ0v) is 10.5. The Morgan fingerprint density at radius 3 is 2.94 bits per heavy atom. The monoisotopic (exact) mass is 303 g/mol. The van der Waals surface area contributed by atoms with Gasteiger partial charge in [0.25, 0.3) is 0 Å². The van der Waals surface area contributed by atoms with Crippen molar-refractivity contribution in [2.75, 3.05) is 5.33 Å². The van der Waals surface area contributed by atoms with E-state index in [9.17, 15) is 4.39 Å². The molecule has 0 aliphatic rings. The van der Waals surface area contributed by atoms with E-state index in [-0.39, 0.29) is 5.02 Å². The standard InChI is InChI=1S/C10H8BrClFN3/c11-4-3-7-6-16(15-14-7)8-1-2-9(12)10(13)5-8/h1-2,5-6H,3-4H2. The Bertz CT molecular complexity index is 501. The summed E-state index contributed by atoms with van der Waals surface area (Å²) < 4.78 is 14.7. The summed E-state index contributed by atoms with van der Waals surface area (Å²) in [6.07, 6.45) is 2.56. The molecule has 3 nitrogen and oxygen atoms in total. The molecule has 2 rings (SSSR count). The lowest BCUT2D eigenvalue weighted by atomic mass is 10.3. The molecule has 0 N–H and O–H groups in total. The van der Waals surface area contributed by atoms with Gasteiger partial charge >= 0.3 is 0 Å². The third-order valence-electron chi connectivity index (χ3n) is 2.06. The SMILES string of the molecule is Fc1cc(-n2cc(CCBr)nn2)ccc1Cl. The Morgan fingerprint density at radius 1 is 1.44 bits per heavy atom. The van der Waals surface area contributed by atoms with Gasteiger partial charge in [0.05, 0.1) is 22.6 Å². The second-order valence-electron chi connectivity index (χ2n) is 3.19. The maximum absolute atomic E-state index is 13.2. The van der Waals surface area contributed by atoms with Crippen LogP contribution >= 0.6 is 27.5 Å². The lowest BCUT2D eigenvalue weighted by molar-refractivity contribution is 0.625. The first-order valence-corrected chi connectivity index (χ1v) is 6.13. The molecule has 0 saturated carbocycles. The van der Waals surface area contributed by atoms with Crippen molar-refractivity contribution in [3.63, 3.8) is 0 Å².